The van der Waals surface area contributed by atoms with Crippen LogP contribution in [0.15, 0.2) is 0 Å². The number of nitrogens with zero attached hydrogens (tertiary/aromatic N) is 1. The van der Waals surface area contributed by atoms with Gasteiger partial charge in [-0.05, 0) is 0 Å². The lowest BCUT2D eigenvalue weighted by atomic mass is 10.1. The molecule has 1 atom stereocenters. The van der Waals surface area contributed by atoms with E-state index in [1.165, 1.54) is 4.31 Å². The minimum atomic E-state index is -1.85. The molecule has 1 unspecified atom stereocenters. The van der Waals surface area contributed by atoms with Crippen molar-refractivity contribution in [2.24, 2.45) is 0 Å². The van der Waals surface area contributed by atoms with E-state index in [0.29, 0.717) is 39.1 Å². The zero-order valence-electron chi connectivity index (χ0n) is 7.27. The van der Waals surface area contributed by atoms with Gasteiger partial charge in [0.05, 0.1) is 13.2 Å². The molecule has 0 bridgehead atoms. The minimum absolute atomic E-state index is 0.449. The normalized spacial score (nSPS) is 30.8. The van der Waals surface area contributed by atoms with Crippen molar-refractivity contribution in [2.75, 3.05) is 26.3 Å². The van der Waals surface area contributed by atoms with Gasteiger partial charge in [-0.3, -0.25) is 4.55 Å². The van der Waals surface area contributed by atoms with Crippen LogP contribution < -0.4 is 0 Å². The molecule has 0 aromatic rings. The number of rotatable bonds is 1. The molecule has 2 rings (SSSR count). The van der Waals surface area contributed by atoms with Crippen LogP contribution in [-0.4, -0.2) is 45.2 Å². The molecule has 0 aliphatic carbocycles. The highest BCUT2D eigenvalue weighted by Gasteiger charge is 2.40. The Bertz CT molecular complexity index is 207. The molecule has 0 aromatic carbocycles. The predicted molar refractivity (Wildman–Crippen MR) is 46.2 cm³/mol. The first-order chi connectivity index (χ1) is 6.22. The standard InChI is InChI=1S/C7H13NO4S/c9-13(10)8-3-1-7(2-4-8)11-5-6-12-7/h1-6H2,(H,9,10). The first-order valence-electron chi connectivity index (χ1n) is 4.36. The van der Waals surface area contributed by atoms with Crippen molar-refractivity contribution in [3.63, 3.8) is 0 Å². The second-order valence-electron chi connectivity index (χ2n) is 3.27. The lowest BCUT2D eigenvalue weighted by Crippen LogP contribution is -2.45. The Balaban J connectivity index is 1.91. The van der Waals surface area contributed by atoms with E-state index in [9.17, 15) is 4.21 Å². The molecule has 13 heavy (non-hydrogen) atoms. The summed E-state index contributed by atoms with van der Waals surface area (Å²) in [5, 5.41) is 0. The number of piperidine rings is 1. The largest absolute Gasteiger partial charge is 0.347 e. The molecule has 2 saturated heterocycles. The molecule has 76 valence electrons. The number of hydrogen-bond acceptors (Lipinski definition) is 3. The van der Waals surface area contributed by atoms with Crippen molar-refractivity contribution in [2.45, 2.75) is 18.6 Å². The third kappa shape index (κ3) is 1.92. The van der Waals surface area contributed by atoms with E-state index < -0.39 is 17.1 Å². The van der Waals surface area contributed by atoms with Gasteiger partial charge < -0.3 is 9.47 Å². The summed E-state index contributed by atoms with van der Waals surface area (Å²) < 4.78 is 32.0. The fraction of sp³-hybridized carbons (Fsp3) is 1.00. The summed E-state index contributed by atoms with van der Waals surface area (Å²) in [4.78, 5) is 0. The summed E-state index contributed by atoms with van der Waals surface area (Å²) in [5.74, 6) is -0.449. The topological polar surface area (TPSA) is 59.0 Å². The zero-order chi connectivity index (χ0) is 9.31. The van der Waals surface area contributed by atoms with Crippen molar-refractivity contribution in [1.29, 1.82) is 0 Å². The van der Waals surface area contributed by atoms with Crippen molar-refractivity contribution in [3.05, 3.63) is 0 Å². The van der Waals surface area contributed by atoms with Crippen LogP contribution in [0.25, 0.3) is 0 Å². The summed E-state index contributed by atoms with van der Waals surface area (Å²) in [7, 11) is 0. The quantitative estimate of drug-likeness (QED) is 0.613. The number of ether oxygens (including phenoxy) is 2. The van der Waals surface area contributed by atoms with E-state index in [0.717, 1.165) is 0 Å². The van der Waals surface area contributed by atoms with Crippen LogP contribution >= 0.6 is 0 Å². The fourth-order valence-electron chi connectivity index (χ4n) is 1.77. The highest BCUT2D eigenvalue weighted by Crippen LogP contribution is 2.31. The van der Waals surface area contributed by atoms with Crippen molar-refractivity contribution in [1.82, 2.24) is 4.31 Å². The predicted octanol–water partition coefficient (Wildman–Crippen LogP) is -0.0380. The summed E-state index contributed by atoms with van der Waals surface area (Å²) in [6, 6.07) is 0. The molecule has 2 heterocycles. The van der Waals surface area contributed by atoms with Gasteiger partial charge >= 0.3 is 0 Å². The molecule has 0 saturated carbocycles. The summed E-state index contributed by atoms with van der Waals surface area (Å²) in [6.45, 7) is 2.40. The molecule has 0 radical (unpaired) electrons. The SMILES string of the molecule is O=S(O)N1CCC2(CC1)OCCO2. The van der Waals surface area contributed by atoms with Gasteiger partial charge in [0, 0.05) is 25.9 Å². The van der Waals surface area contributed by atoms with Gasteiger partial charge in [-0.25, -0.2) is 8.51 Å². The van der Waals surface area contributed by atoms with E-state index in [2.05, 4.69) is 0 Å². The Kier molecular flexibility index (Phi) is 2.66. The lowest BCUT2D eigenvalue weighted by molar-refractivity contribution is -0.179. The van der Waals surface area contributed by atoms with Gasteiger partial charge in [-0.2, -0.15) is 0 Å². The fourth-order valence-corrected chi connectivity index (χ4v) is 2.26. The molecule has 6 heteroatoms. The molecule has 0 aromatic heterocycles. The third-order valence-electron chi connectivity index (χ3n) is 2.52. The monoisotopic (exact) mass is 207 g/mol. The van der Waals surface area contributed by atoms with Crippen LogP contribution in [0.1, 0.15) is 12.8 Å². The van der Waals surface area contributed by atoms with Crippen LogP contribution in [0.2, 0.25) is 0 Å². The Labute approximate surface area is 79.4 Å². The molecule has 2 aliphatic rings. The lowest BCUT2D eigenvalue weighted by Gasteiger charge is -2.35. The zero-order valence-corrected chi connectivity index (χ0v) is 8.09. The molecule has 1 N–H and O–H groups in total. The average molecular weight is 207 g/mol. The van der Waals surface area contributed by atoms with Gasteiger partial charge in [-0.1, -0.05) is 0 Å². The maximum atomic E-state index is 10.7. The third-order valence-corrected chi connectivity index (χ3v) is 3.33. The highest BCUT2D eigenvalue weighted by atomic mass is 32.2. The maximum absolute atomic E-state index is 10.7. The van der Waals surface area contributed by atoms with E-state index in [1.807, 2.05) is 0 Å². The van der Waals surface area contributed by atoms with Crippen LogP contribution in [0.5, 0.6) is 0 Å². The molecule has 0 amide bonds. The average Bonchev–Trinajstić information content (AvgIpc) is 2.54. The Morgan fingerprint density at radius 3 is 2.23 bits per heavy atom. The molecule has 1 spiro atoms. The first kappa shape index (κ1) is 9.54. The van der Waals surface area contributed by atoms with Gasteiger partial charge in [0.1, 0.15) is 0 Å². The van der Waals surface area contributed by atoms with Crippen LogP contribution in [0, 0.1) is 0 Å². The first-order valence-corrected chi connectivity index (χ1v) is 5.42. The molecular formula is C7H13NO4S. The Morgan fingerprint density at radius 2 is 1.77 bits per heavy atom. The van der Waals surface area contributed by atoms with Crippen molar-refractivity contribution in [3.8, 4) is 0 Å². The van der Waals surface area contributed by atoms with E-state index in [4.69, 9.17) is 14.0 Å². The van der Waals surface area contributed by atoms with Crippen molar-refractivity contribution < 1.29 is 18.2 Å². The molecule has 2 aliphatic heterocycles. The van der Waals surface area contributed by atoms with Gasteiger partial charge in [0.25, 0.3) is 0 Å². The maximum Gasteiger partial charge on any atom is 0.234 e. The molecule has 5 nitrogen and oxygen atoms in total. The van der Waals surface area contributed by atoms with Crippen LogP contribution in [0.4, 0.5) is 0 Å². The van der Waals surface area contributed by atoms with E-state index in [-0.39, 0.29) is 0 Å². The van der Waals surface area contributed by atoms with Gasteiger partial charge in [0.15, 0.2) is 5.79 Å². The van der Waals surface area contributed by atoms with E-state index in [1.54, 1.807) is 0 Å². The molecular weight excluding hydrogens is 194 g/mol. The van der Waals surface area contributed by atoms with Gasteiger partial charge in [-0.15, -0.1) is 0 Å². The van der Waals surface area contributed by atoms with Gasteiger partial charge in [0.2, 0.25) is 11.3 Å². The minimum Gasteiger partial charge on any atom is -0.347 e. The second-order valence-corrected chi connectivity index (χ2v) is 4.25. The van der Waals surface area contributed by atoms with Crippen molar-refractivity contribution >= 4 is 11.3 Å². The second kappa shape index (κ2) is 3.62. The Hall–Kier alpha value is -0.0100. The summed E-state index contributed by atoms with van der Waals surface area (Å²) in [5.41, 5.74) is 0. The van der Waals surface area contributed by atoms with E-state index >= 15 is 0 Å². The highest BCUT2D eigenvalue weighted by molar-refractivity contribution is 7.76. The Morgan fingerprint density at radius 1 is 1.23 bits per heavy atom. The van der Waals surface area contributed by atoms with Crippen LogP contribution in [-0.2, 0) is 20.7 Å². The number of hydrogen-bond donors (Lipinski definition) is 1. The summed E-state index contributed by atoms with van der Waals surface area (Å²) in [6.07, 6.45) is 1.36. The summed E-state index contributed by atoms with van der Waals surface area (Å²) >= 11 is -1.85. The smallest absolute Gasteiger partial charge is 0.234 e. The molecule has 2 fully saturated rings. The van der Waals surface area contributed by atoms with Crippen LogP contribution in [0.3, 0.4) is 0 Å².